The van der Waals surface area contributed by atoms with Crippen molar-refractivity contribution >= 4 is 28.7 Å². The number of aryl methyl sites for hydroxylation is 1. The molecule has 0 saturated heterocycles. The Labute approximate surface area is 198 Å². The molecule has 1 fully saturated rings. The molecular formula is C25H32N4O3S. The molecule has 1 atom stereocenters. The fraction of sp³-hybridized carbons (Fsp3) is 0.480. The van der Waals surface area contributed by atoms with Gasteiger partial charge in [0.25, 0.3) is 11.5 Å². The van der Waals surface area contributed by atoms with Gasteiger partial charge in [-0.25, -0.2) is 4.98 Å². The third-order valence-electron chi connectivity index (χ3n) is 6.94. The molecule has 0 bridgehead atoms. The van der Waals surface area contributed by atoms with E-state index in [1.165, 1.54) is 11.8 Å². The van der Waals surface area contributed by atoms with E-state index in [1.807, 2.05) is 38.3 Å². The molecule has 0 radical (unpaired) electrons. The zero-order chi connectivity index (χ0) is 23.7. The van der Waals surface area contributed by atoms with Crippen LogP contribution in [0.1, 0.15) is 66.0 Å². The molecular weight excluding hydrogens is 436 g/mol. The molecule has 3 N–H and O–H groups in total. The first kappa shape index (κ1) is 23.6. The predicted molar refractivity (Wildman–Crippen MR) is 132 cm³/mol. The highest BCUT2D eigenvalue weighted by Gasteiger charge is 2.29. The Morgan fingerprint density at radius 3 is 2.76 bits per heavy atom. The van der Waals surface area contributed by atoms with Crippen LogP contribution in [-0.2, 0) is 6.54 Å². The Hall–Kier alpha value is -2.58. The van der Waals surface area contributed by atoms with E-state index in [-0.39, 0.29) is 30.2 Å². The fourth-order valence-corrected chi connectivity index (χ4v) is 5.84. The van der Waals surface area contributed by atoms with Crippen molar-refractivity contribution in [3.63, 3.8) is 0 Å². The van der Waals surface area contributed by atoms with Gasteiger partial charge in [-0.2, -0.15) is 0 Å². The summed E-state index contributed by atoms with van der Waals surface area (Å²) in [4.78, 5) is 34.2. The van der Waals surface area contributed by atoms with E-state index in [2.05, 4.69) is 26.8 Å². The van der Waals surface area contributed by atoms with E-state index in [9.17, 15) is 14.7 Å². The summed E-state index contributed by atoms with van der Waals surface area (Å²) < 4.78 is 2.18. The summed E-state index contributed by atoms with van der Waals surface area (Å²) in [5.41, 5.74) is 3.48. The molecule has 1 unspecified atom stereocenters. The minimum absolute atomic E-state index is 0.160. The zero-order valence-corrected chi connectivity index (χ0v) is 20.5. The van der Waals surface area contributed by atoms with E-state index >= 15 is 0 Å². The summed E-state index contributed by atoms with van der Waals surface area (Å²) in [7, 11) is 0. The second kappa shape index (κ2) is 9.73. The number of hydrogen-bond acceptors (Lipinski definition) is 5. The number of rotatable bonds is 6. The highest BCUT2D eigenvalue weighted by molar-refractivity contribution is 7.98. The quantitative estimate of drug-likeness (QED) is 0.473. The van der Waals surface area contributed by atoms with Crippen LogP contribution in [0.5, 0.6) is 0 Å². The van der Waals surface area contributed by atoms with Gasteiger partial charge < -0.3 is 20.0 Å². The van der Waals surface area contributed by atoms with Gasteiger partial charge in [0.05, 0.1) is 11.7 Å². The Bertz CT molecular complexity index is 1220. The Morgan fingerprint density at radius 2 is 2.06 bits per heavy atom. The lowest BCUT2D eigenvalue weighted by atomic mass is 9.83. The van der Waals surface area contributed by atoms with Crippen molar-refractivity contribution in [3.8, 4) is 0 Å². The molecule has 0 spiro atoms. The van der Waals surface area contributed by atoms with Crippen molar-refractivity contribution < 1.29 is 9.90 Å². The number of amides is 1. The van der Waals surface area contributed by atoms with Gasteiger partial charge in [0, 0.05) is 46.0 Å². The maximum Gasteiger partial charge on any atom is 0.254 e. The van der Waals surface area contributed by atoms with Crippen LogP contribution in [0.3, 0.4) is 0 Å². The average molecular weight is 469 g/mol. The van der Waals surface area contributed by atoms with E-state index in [1.54, 1.807) is 6.20 Å². The first-order valence-electron chi connectivity index (χ1n) is 11.5. The molecule has 33 heavy (non-hydrogen) atoms. The van der Waals surface area contributed by atoms with E-state index in [0.717, 1.165) is 53.0 Å². The molecule has 3 aromatic heterocycles. The summed E-state index contributed by atoms with van der Waals surface area (Å²) >= 11 is 1.50. The molecule has 7 nitrogen and oxygen atoms in total. The number of pyridine rings is 2. The number of fused-ring (bicyclic) bond motifs is 1. The van der Waals surface area contributed by atoms with Gasteiger partial charge in [-0.15, -0.1) is 11.8 Å². The smallest absolute Gasteiger partial charge is 0.254 e. The lowest BCUT2D eigenvalue weighted by Gasteiger charge is -2.32. The Kier molecular flexibility index (Phi) is 6.95. The third kappa shape index (κ3) is 4.59. The number of aromatic nitrogens is 3. The normalized spacial score (nSPS) is 19.5. The van der Waals surface area contributed by atoms with Crippen molar-refractivity contribution in [2.24, 2.45) is 5.92 Å². The highest BCUT2D eigenvalue weighted by atomic mass is 32.2. The molecule has 1 saturated carbocycles. The Balaban J connectivity index is 1.65. The van der Waals surface area contributed by atoms with Crippen LogP contribution in [0.2, 0.25) is 0 Å². The van der Waals surface area contributed by atoms with E-state index < -0.39 is 0 Å². The van der Waals surface area contributed by atoms with Crippen molar-refractivity contribution in [2.75, 3.05) is 6.26 Å². The van der Waals surface area contributed by atoms with Crippen molar-refractivity contribution in [3.05, 3.63) is 57.3 Å². The molecule has 8 heteroatoms. The molecule has 3 aromatic rings. The second-order valence-corrected chi connectivity index (χ2v) is 9.87. The molecule has 4 rings (SSSR count). The monoisotopic (exact) mass is 468 g/mol. The summed E-state index contributed by atoms with van der Waals surface area (Å²) in [6.07, 6.45) is 7.04. The van der Waals surface area contributed by atoms with Gasteiger partial charge in [-0.1, -0.05) is 0 Å². The number of nitrogens with zero attached hydrogens (tertiary/aromatic N) is 2. The fourth-order valence-electron chi connectivity index (χ4n) is 5.13. The number of aliphatic hydroxyl groups excluding tert-OH is 1. The molecule has 1 aliphatic rings. The van der Waals surface area contributed by atoms with Crippen LogP contribution in [0.15, 0.2) is 34.1 Å². The third-order valence-corrected chi connectivity index (χ3v) is 7.74. The van der Waals surface area contributed by atoms with Gasteiger partial charge in [-0.3, -0.25) is 9.59 Å². The molecule has 0 aromatic carbocycles. The first-order valence-corrected chi connectivity index (χ1v) is 12.7. The number of hydrogen-bond donors (Lipinski definition) is 3. The number of carbonyl (C=O) groups excluding carboxylic acids is 1. The summed E-state index contributed by atoms with van der Waals surface area (Å²) in [6, 6.07) is 5.88. The van der Waals surface area contributed by atoms with Crippen LogP contribution in [-0.4, -0.2) is 37.9 Å². The summed E-state index contributed by atoms with van der Waals surface area (Å²) in [5.74, 6) is 0.221. The van der Waals surface area contributed by atoms with Crippen molar-refractivity contribution in [2.45, 2.75) is 70.0 Å². The molecule has 1 aliphatic carbocycles. The highest BCUT2D eigenvalue weighted by Crippen LogP contribution is 2.37. The summed E-state index contributed by atoms with van der Waals surface area (Å²) in [6.45, 7) is 6.16. The van der Waals surface area contributed by atoms with Gasteiger partial charge in [0.2, 0.25) is 0 Å². The lowest BCUT2D eigenvalue weighted by Crippen LogP contribution is -2.28. The number of nitrogens with one attached hydrogen (secondary N) is 2. The number of aliphatic hydroxyl groups is 1. The van der Waals surface area contributed by atoms with E-state index in [4.69, 9.17) is 0 Å². The van der Waals surface area contributed by atoms with Crippen LogP contribution in [0.25, 0.3) is 11.0 Å². The van der Waals surface area contributed by atoms with Crippen LogP contribution >= 0.6 is 11.8 Å². The van der Waals surface area contributed by atoms with Gasteiger partial charge in [0.15, 0.2) is 0 Å². The predicted octanol–water partition coefficient (Wildman–Crippen LogP) is 4.11. The Morgan fingerprint density at radius 1 is 1.33 bits per heavy atom. The second-order valence-electron chi connectivity index (χ2n) is 9.03. The molecule has 0 aliphatic heterocycles. The average Bonchev–Trinajstić information content (AvgIpc) is 3.09. The topological polar surface area (TPSA) is 100 Å². The number of H-pyrrole nitrogens is 1. The number of aromatic amines is 1. The van der Waals surface area contributed by atoms with Crippen molar-refractivity contribution in [1.29, 1.82) is 0 Å². The minimum Gasteiger partial charge on any atom is -0.393 e. The maximum atomic E-state index is 13.4. The number of carbonyl (C=O) groups is 1. The maximum absolute atomic E-state index is 13.4. The minimum atomic E-state index is -0.206. The van der Waals surface area contributed by atoms with Gasteiger partial charge in [-0.05, 0) is 76.8 Å². The van der Waals surface area contributed by atoms with Crippen molar-refractivity contribution in [1.82, 2.24) is 19.9 Å². The molecule has 1 amide bonds. The standard InChI is InChI=1S/C25H32N4O3S/c1-14-12-21(33-4)20(24(31)28-14)13-27-25(32)22-16(3)29(23-19(22)6-5-11-26-23)15(2)17-7-9-18(30)10-8-17/h5-6,11-12,15,17-18,30H,7-10,13H2,1-4H3,(H,27,32)(H,28,31). The van der Waals surface area contributed by atoms with Crippen LogP contribution in [0.4, 0.5) is 0 Å². The van der Waals surface area contributed by atoms with Crippen LogP contribution in [0, 0.1) is 19.8 Å². The number of thioether (sulfide) groups is 1. The zero-order valence-electron chi connectivity index (χ0n) is 19.6. The van der Waals surface area contributed by atoms with Crippen LogP contribution < -0.4 is 10.9 Å². The SMILES string of the molecule is CSc1cc(C)[nH]c(=O)c1CNC(=O)c1c(C)n(C(C)C2CCC(O)CC2)c2ncccc12. The molecule has 176 valence electrons. The largest absolute Gasteiger partial charge is 0.393 e. The van der Waals surface area contributed by atoms with E-state index in [0.29, 0.717) is 17.0 Å². The lowest BCUT2D eigenvalue weighted by molar-refractivity contribution is 0.0945. The summed E-state index contributed by atoms with van der Waals surface area (Å²) in [5, 5.41) is 13.7. The first-order chi connectivity index (χ1) is 15.8. The van der Waals surface area contributed by atoms with Gasteiger partial charge in [0.1, 0.15) is 5.65 Å². The van der Waals surface area contributed by atoms with Gasteiger partial charge >= 0.3 is 0 Å². The molecule has 3 heterocycles.